The van der Waals surface area contributed by atoms with E-state index in [1.165, 1.54) is 0 Å². The van der Waals surface area contributed by atoms with Crippen molar-refractivity contribution < 1.29 is 14.6 Å². The summed E-state index contributed by atoms with van der Waals surface area (Å²) in [5.41, 5.74) is 4.76. The number of ether oxygens (including phenoxy) is 2. The van der Waals surface area contributed by atoms with Crippen LogP contribution in [0.15, 0.2) is 30.5 Å². The Balaban J connectivity index is 2.07. The van der Waals surface area contributed by atoms with Gasteiger partial charge < -0.3 is 19.9 Å². The Morgan fingerprint density at radius 2 is 1.97 bits per heavy atom. The van der Waals surface area contributed by atoms with E-state index in [1.54, 1.807) is 20.4 Å². The van der Waals surface area contributed by atoms with Gasteiger partial charge in [0.15, 0.2) is 17.3 Å². The van der Waals surface area contributed by atoms with Crippen molar-refractivity contribution in [3.05, 3.63) is 52.4 Å². The number of aromatic nitrogens is 3. The maximum absolute atomic E-state index is 9.85. The third-order valence-corrected chi connectivity index (χ3v) is 5.32. The number of rotatable bonds is 5. The van der Waals surface area contributed by atoms with Crippen molar-refractivity contribution >= 4 is 39.7 Å². The standard InChI is InChI=1S/C21H21ClN4O3/c1-11-6-5-7-13(22)18(11)24-21-15-9-23-17(10-27)26(15)14-8-16(28-3)20(29-4)12(2)19(14)25-21/h5-9,27H,10H2,1-4H3,(H,24,25). The molecule has 2 heterocycles. The largest absolute Gasteiger partial charge is 0.493 e. The molecule has 29 heavy (non-hydrogen) atoms. The molecule has 0 atom stereocenters. The average Bonchev–Trinajstić information content (AvgIpc) is 3.15. The van der Waals surface area contributed by atoms with Crippen molar-refractivity contribution in [2.24, 2.45) is 0 Å². The highest BCUT2D eigenvalue weighted by molar-refractivity contribution is 6.33. The van der Waals surface area contributed by atoms with Gasteiger partial charge in [-0.1, -0.05) is 23.7 Å². The number of fused-ring (bicyclic) bond motifs is 3. The number of halogens is 1. The van der Waals surface area contributed by atoms with Crippen molar-refractivity contribution in [1.29, 1.82) is 0 Å². The Kier molecular flexibility index (Phi) is 4.94. The minimum atomic E-state index is -0.217. The number of nitrogens with zero attached hydrogens (tertiary/aromatic N) is 3. The SMILES string of the molecule is COc1cc2c(nc(Nc3c(C)cccc3Cl)c3cnc(CO)n32)c(C)c1OC. The van der Waals surface area contributed by atoms with Crippen molar-refractivity contribution in [3.63, 3.8) is 0 Å². The van der Waals surface area contributed by atoms with Gasteiger partial charge in [-0.05, 0) is 25.5 Å². The fraction of sp³-hybridized carbons (Fsp3) is 0.238. The summed E-state index contributed by atoms with van der Waals surface area (Å²) in [5.74, 6) is 2.27. The molecule has 0 spiro atoms. The maximum atomic E-state index is 9.85. The van der Waals surface area contributed by atoms with Crippen LogP contribution in [0.5, 0.6) is 11.5 Å². The Morgan fingerprint density at radius 3 is 2.62 bits per heavy atom. The van der Waals surface area contributed by atoms with Crippen LogP contribution < -0.4 is 14.8 Å². The average molecular weight is 413 g/mol. The van der Waals surface area contributed by atoms with Crippen molar-refractivity contribution in [2.75, 3.05) is 19.5 Å². The molecule has 0 saturated carbocycles. The summed E-state index contributed by atoms with van der Waals surface area (Å²) in [5, 5.41) is 13.8. The molecule has 0 radical (unpaired) electrons. The first-order valence-electron chi connectivity index (χ1n) is 9.04. The van der Waals surface area contributed by atoms with Crippen LogP contribution in [0, 0.1) is 13.8 Å². The fourth-order valence-electron chi connectivity index (χ4n) is 3.57. The van der Waals surface area contributed by atoms with E-state index < -0.39 is 0 Å². The smallest absolute Gasteiger partial charge is 0.165 e. The van der Waals surface area contributed by atoms with Gasteiger partial charge in [0.1, 0.15) is 17.9 Å². The molecule has 0 saturated heterocycles. The van der Waals surface area contributed by atoms with Crippen LogP contribution in [-0.4, -0.2) is 33.7 Å². The van der Waals surface area contributed by atoms with E-state index in [-0.39, 0.29) is 6.61 Å². The summed E-state index contributed by atoms with van der Waals surface area (Å²) in [6.45, 7) is 3.68. The first kappa shape index (κ1) is 19.3. The normalized spacial score (nSPS) is 11.2. The number of benzene rings is 2. The quantitative estimate of drug-likeness (QED) is 0.505. The first-order valence-corrected chi connectivity index (χ1v) is 9.42. The van der Waals surface area contributed by atoms with Gasteiger partial charge >= 0.3 is 0 Å². The number of aliphatic hydroxyl groups excluding tert-OH is 1. The number of anilines is 2. The molecule has 4 aromatic rings. The molecular weight excluding hydrogens is 392 g/mol. The van der Waals surface area contributed by atoms with E-state index >= 15 is 0 Å². The summed E-state index contributed by atoms with van der Waals surface area (Å²) in [7, 11) is 3.18. The van der Waals surface area contributed by atoms with Gasteiger partial charge in [-0.2, -0.15) is 0 Å². The second-order valence-corrected chi connectivity index (χ2v) is 7.08. The van der Waals surface area contributed by atoms with Crippen molar-refractivity contribution in [1.82, 2.24) is 14.4 Å². The Morgan fingerprint density at radius 1 is 1.17 bits per heavy atom. The van der Waals surface area contributed by atoms with E-state index in [0.29, 0.717) is 39.2 Å². The van der Waals surface area contributed by atoms with Crippen LogP contribution in [0.25, 0.3) is 16.6 Å². The Hall–Kier alpha value is -3.03. The Bertz CT molecular complexity index is 1220. The number of aliphatic hydroxyl groups is 1. The van der Waals surface area contributed by atoms with Crippen LogP contribution in [-0.2, 0) is 6.61 Å². The number of methoxy groups -OCH3 is 2. The van der Waals surface area contributed by atoms with Gasteiger partial charge in [0.2, 0.25) is 0 Å². The van der Waals surface area contributed by atoms with E-state index in [4.69, 9.17) is 26.1 Å². The number of nitrogens with one attached hydrogen (secondary N) is 1. The summed E-state index contributed by atoms with van der Waals surface area (Å²) < 4.78 is 12.9. The van der Waals surface area contributed by atoms with Crippen LogP contribution in [0.4, 0.5) is 11.5 Å². The Labute approximate surface area is 172 Å². The third kappa shape index (κ3) is 3.03. The predicted octanol–water partition coefficient (Wildman–Crippen LogP) is 4.41. The zero-order valence-corrected chi connectivity index (χ0v) is 17.3. The van der Waals surface area contributed by atoms with E-state index in [0.717, 1.165) is 22.3 Å². The van der Waals surface area contributed by atoms with Crippen LogP contribution >= 0.6 is 11.6 Å². The fourth-order valence-corrected chi connectivity index (χ4v) is 3.84. The lowest BCUT2D eigenvalue weighted by Crippen LogP contribution is -2.05. The molecule has 2 aromatic heterocycles. The van der Waals surface area contributed by atoms with Gasteiger partial charge in [-0.3, -0.25) is 4.40 Å². The molecule has 0 fully saturated rings. The highest BCUT2D eigenvalue weighted by atomic mass is 35.5. The number of hydrogen-bond acceptors (Lipinski definition) is 6. The molecule has 8 heteroatoms. The van der Waals surface area contributed by atoms with Gasteiger partial charge in [0.25, 0.3) is 0 Å². The molecule has 2 N–H and O–H groups in total. The van der Waals surface area contributed by atoms with Gasteiger partial charge in [0.05, 0.1) is 42.2 Å². The van der Waals surface area contributed by atoms with Crippen LogP contribution in [0.3, 0.4) is 0 Å². The molecule has 0 unspecified atom stereocenters. The van der Waals surface area contributed by atoms with E-state index in [2.05, 4.69) is 10.3 Å². The zero-order valence-electron chi connectivity index (χ0n) is 16.6. The highest BCUT2D eigenvalue weighted by Crippen LogP contribution is 2.39. The summed E-state index contributed by atoms with van der Waals surface area (Å²) in [6.07, 6.45) is 1.68. The minimum absolute atomic E-state index is 0.217. The summed E-state index contributed by atoms with van der Waals surface area (Å²) in [4.78, 5) is 9.23. The van der Waals surface area contributed by atoms with E-state index in [9.17, 15) is 5.11 Å². The van der Waals surface area contributed by atoms with Gasteiger partial charge in [-0.15, -0.1) is 0 Å². The molecule has 0 bridgehead atoms. The second-order valence-electron chi connectivity index (χ2n) is 6.68. The zero-order chi connectivity index (χ0) is 20.7. The lowest BCUT2D eigenvalue weighted by atomic mass is 10.1. The molecule has 7 nitrogen and oxygen atoms in total. The lowest BCUT2D eigenvalue weighted by molar-refractivity contribution is 0.271. The lowest BCUT2D eigenvalue weighted by Gasteiger charge is -2.17. The highest BCUT2D eigenvalue weighted by Gasteiger charge is 2.20. The molecule has 4 rings (SSSR count). The third-order valence-electron chi connectivity index (χ3n) is 5.00. The topological polar surface area (TPSA) is 80.9 Å². The number of imidazole rings is 1. The molecule has 0 amide bonds. The molecular formula is C21H21ClN4O3. The monoisotopic (exact) mass is 412 g/mol. The number of para-hydroxylation sites is 1. The molecule has 150 valence electrons. The first-order chi connectivity index (χ1) is 14.0. The molecule has 2 aromatic carbocycles. The van der Waals surface area contributed by atoms with Crippen LogP contribution in [0.2, 0.25) is 5.02 Å². The van der Waals surface area contributed by atoms with Gasteiger partial charge in [-0.25, -0.2) is 9.97 Å². The second kappa shape index (κ2) is 7.42. The van der Waals surface area contributed by atoms with E-state index in [1.807, 2.05) is 42.5 Å². The van der Waals surface area contributed by atoms with Crippen molar-refractivity contribution in [2.45, 2.75) is 20.5 Å². The maximum Gasteiger partial charge on any atom is 0.165 e. The summed E-state index contributed by atoms with van der Waals surface area (Å²) >= 11 is 6.41. The number of aryl methyl sites for hydroxylation is 2. The summed E-state index contributed by atoms with van der Waals surface area (Å²) in [6, 6.07) is 7.54. The van der Waals surface area contributed by atoms with Crippen molar-refractivity contribution in [3.8, 4) is 11.5 Å². The van der Waals surface area contributed by atoms with Gasteiger partial charge in [0, 0.05) is 11.6 Å². The molecule has 0 aliphatic heterocycles. The van der Waals surface area contributed by atoms with Crippen LogP contribution in [0.1, 0.15) is 17.0 Å². The molecule has 0 aliphatic carbocycles. The minimum Gasteiger partial charge on any atom is -0.493 e. The number of hydrogen-bond donors (Lipinski definition) is 2. The molecule has 0 aliphatic rings. The predicted molar refractivity (Wildman–Crippen MR) is 114 cm³/mol.